The van der Waals surface area contributed by atoms with Gasteiger partial charge in [0, 0.05) is 0 Å². The summed E-state index contributed by atoms with van der Waals surface area (Å²) in [6, 6.07) is 30.6. The van der Waals surface area contributed by atoms with Crippen LogP contribution in [0, 0.1) is 0 Å². The normalized spacial score (nSPS) is 11.7. The van der Waals surface area contributed by atoms with Gasteiger partial charge in [-0.1, -0.05) is 55.5 Å². The van der Waals surface area contributed by atoms with Crippen LogP contribution in [0.25, 0.3) is 0 Å². The summed E-state index contributed by atoms with van der Waals surface area (Å²) in [4.78, 5) is 4.12. The molecule has 0 unspecified atom stereocenters. The maximum atomic E-state index is 10.7. The zero-order valence-electron chi connectivity index (χ0n) is 15.5. The van der Waals surface area contributed by atoms with Gasteiger partial charge in [0.05, 0.1) is 10.9 Å². The highest BCUT2D eigenvalue weighted by atomic mass is 32.2. The number of rotatable bonds is 4. The molecule has 3 nitrogen and oxygen atoms in total. The van der Waals surface area contributed by atoms with Crippen LogP contribution in [0.1, 0.15) is 12.5 Å². The maximum Gasteiger partial charge on any atom is 0.485 e. The second-order valence-corrected chi connectivity index (χ2v) is 9.23. The summed E-state index contributed by atoms with van der Waals surface area (Å²) < 4.78 is 58.9. The predicted octanol–water partition coefficient (Wildman–Crippen LogP) is 5.40. The van der Waals surface area contributed by atoms with Gasteiger partial charge < -0.3 is 4.55 Å². The molecule has 3 rings (SSSR count). The minimum atomic E-state index is -6.09. The third-order valence-corrected chi connectivity index (χ3v) is 6.61. The molecule has 0 aliphatic rings. The van der Waals surface area contributed by atoms with Crippen LogP contribution in [0.4, 0.5) is 13.2 Å². The Morgan fingerprint density at radius 2 is 1.10 bits per heavy atom. The van der Waals surface area contributed by atoms with Crippen LogP contribution >= 0.6 is 0 Å². The van der Waals surface area contributed by atoms with Crippen molar-refractivity contribution >= 4 is 21.0 Å². The van der Waals surface area contributed by atoms with Gasteiger partial charge in [0.2, 0.25) is 0 Å². The van der Waals surface area contributed by atoms with Crippen LogP contribution in [0.2, 0.25) is 0 Å². The molecule has 0 spiro atoms. The monoisotopic (exact) mass is 440 g/mol. The van der Waals surface area contributed by atoms with E-state index in [0.29, 0.717) is 0 Å². The smallest absolute Gasteiger partial charge is 0.485 e. The van der Waals surface area contributed by atoms with Gasteiger partial charge >= 0.3 is 5.51 Å². The number of benzene rings is 3. The Bertz CT molecular complexity index is 949. The second kappa shape index (κ2) is 9.96. The van der Waals surface area contributed by atoms with E-state index in [1.165, 1.54) is 20.2 Å². The molecule has 3 aromatic rings. The van der Waals surface area contributed by atoms with Crippen LogP contribution in [-0.4, -0.2) is 18.5 Å². The highest BCUT2D eigenvalue weighted by Crippen LogP contribution is 2.31. The average Bonchev–Trinajstić information content (AvgIpc) is 2.69. The van der Waals surface area contributed by atoms with Crippen LogP contribution in [0.3, 0.4) is 0 Å². The Kier molecular flexibility index (Phi) is 7.89. The molecule has 0 saturated heterocycles. The predicted molar refractivity (Wildman–Crippen MR) is 107 cm³/mol. The topological polar surface area (TPSA) is 57.2 Å². The van der Waals surface area contributed by atoms with E-state index in [4.69, 9.17) is 13.0 Å². The molecule has 0 N–H and O–H groups in total. The molecule has 0 aliphatic carbocycles. The zero-order valence-corrected chi connectivity index (χ0v) is 17.1. The summed E-state index contributed by atoms with van der Waals surface area (Å²) in [5, 5.41) is 0. The second-order valence-electron chi connectivity index (χ2n) is 5.83. The first kappa shape index (κ1) is 23.0. The fourth-order valence-electron chi connectivity index (χ4n) is 2.38. The van der Waals surface area contributed by atoms with Crippen LogP contribution in [0.5, 0.6) is 0 Å². The Morgan fingerprint density at radius 1 is 0.759 bits per heavy atom. The van der Waals surface area contributed by atoms with Gasteiger partial charge in [0.25, 0.3) is 0 Å². The Hall–Kier alpha value is -2.29. The lowest BCUT2D eigenvalue weighted by Crippen LogP contribution is -2.21. The molecule has 0 radical (unpaired) electrons. The van der Waals surface area contributed by atoms with Crippen molar-refractivity contribution in [2.45, 2.75) is 33.5 Å². The highest BCUT2D eigenvalue weighted by molar-refractivity contribution is 7.97. The van der Waals surface area contributed by atoms with E-state index in [1.54, 1.807) is 0 Å². The molecule has 0 fully saturated rings. The van der Waals surface area contributed by atoms with E-state index in [-0.39, 0.29) is 10.9 Å². The summed E-state index contributed by atoms with van der Waals surface area (Å²) in [6.45, 7) is 2.20. The molecule has 0 heterocycles. The molecule has 0 aromatic heterocycles. The summed E-state index contributed by atoms with van der Waals surface area (Å²) in [5.74, 6) is 0. The molecule has 8 heteroatoms. The van der Waals surface area contributed by atoms with Crippen molar-refractivity contribution in [3.05, 3.63) is 90.5 Å². The summed E-state index contributed by atoms with van der Waals surface area (Å²) >= 11 is 0. The largest absolute Gasteiger partial charge is 0.741 e. The summed E-state index contributed by atoms with van der Waals surface area (Å²) in [5.41, 5.74) is -4.25. The number of hydrogen-bond acceptors (Lipinski definition) is 3. The van der Waals surface area contributed by atoms with E-state index < -0.39 is 15.6 Å². The van der Waals surface area contributed by atoms with Crippen molar-refractivity contribution < 1.29 is 26.1 Å². The Labute approximate surface area is 171 Å². The maximum absolute atomic E-state index is 10.7. The SMILES string of the molecule is CCc1ccc([S+](c2ccccc2)c2ccccc2)cc1.O=S(=O)([O-])C(F)(F)F. The molecule has 0 aliphatic heterocycles. The molecule has 0 bridgehead atoms. The van der Waals surface area contributed by atoms with E-state index in [0.717, 1.165) is 6.42 Å². The molecule has 0 amide bonds. The van der Waals surface area contributed by atoms with E-state index in [9.17, 15) is 13.2 Å². The van der Waals surface area contributed by atoms with Crippen molar-refractivity contribution in [3.8, 4) is 0 Å². The Morgan fingerprint density at radius 3 is 1.41 bits per heavy atom. The first-order chi connectivity index (χ1) is 13.6. The van der Waals surface area contributed by atoms with E-state index in [2.05, 4.69) is 91.9 Å². The molecular weight excluding hydrogens is 421 g/mol. The number of hydrogen-bond donors (Lipinski definition) is 0. The molecule has 154 valence electrons. The first-order valence-corrected chi connectivity index (χ1v) is 11.2. The van der Waals surface area contributed by atoms with Gasteiger partial charge in [0.1, 0.15) is 0 Å². The van der Waals surface area contributed by atoms with Gasteiger partial charge in [-0.2, -0.15) is 13.2 Å². The average molecular weight is 441 g/mol. The molecule has 3 aromatic carbocycles. The van der Waals surface area contributed by atoms with Crippen LogP contribution in [-0.2, 0) is 27.4 Å². The quantitative estimate of drug-likeness (QED) is 0.310. The van der Waals surface area contributed by atoms with Gasteiger partial charge in [-0.05, 0) is 48.4 Å². The molecule has 0 atom stereocenters. The minimum absolute atomic E-state index is 0.0249. The summed E-state index contributed by atoms with van der Waals surface area (Å²) in [6.07, 6.45) is 1.09. The van der Waals surface area contributed by atoms with Gasteiger partial charge in [-0.3, -0.25) is 0 Å². The Balaban J connectivity index is 0.000000321. The molecule has 29 heavy (non-hydrogen) atoms. The van der Waals surface area contributed by atoms with Crippen LogP contribution < -0.4 is 0 Å². The van der Waals surface area contributed by atoms with Crippen molar-refractivity contribution in [1.29, 1.82) is 0 Å². The van der Waals surface area contributed by atoms with Crippen LogP contribution in [0.15, 0.2) is 99.6 Å². The van der Waals surface area contributed by atoms with Gasteiger partial charge in [-0.15, -0.1) is 0 Å². The highest BCUT2D eigenvalue weighted by Gasteiger charge is 2.37. The molecular formula is C21H19F3O3S2. The number of aryl methyl sites for hydroxylation is 1. The minimum Gasteiger partial charge on any atom is -0.741 e. The van der Waals surface area contributed by atoms with E-state index in [1.807, 2.05) is 0 Å². The zero-order chi connectivity index (χ0) is 21.5. The fourth-order valence-corrected chi connectivity index (χ4v) is 4.47. The molecule has 0 saturated carbocycles. The number of halogens is 3. The lowest BCUT2D eigenvalue weighted by atomic mass is 10.2. The first-order valence-electron chi connectivity index (χ1n) is 8.59. The van der Waals surface area contributed by atoms with E-state index >= 15 is 0 Å². The van der Waals surface area contributed by atoms with Crippen molar-refractivity contribution in [2.24, 2.45) is 0 Å². The van der Waals surface area contributed by atoms with Gasteiger partial charge in [-0.25, -0.2) is 8.42 Å². The third-order valence-electron chi connectivity index (χ3n) is 3.81. The van der Waals surface area contributed by atoms with Crippen molar-refractivity contribution in [3.63, 3.8) is 0 Å². The number of alkyl halides is 3. The third kappa shape index (κ3) is 6.62. The standard InChI is InChI=1S/C20H19S.CHF3O3S/c1-2-17-13-15-20(16-14-17)21(18-9-5-3-6-10-18)19-11-7-4-8-12-19;2-1(3,4)8(5,6)7/h3-16H,2H2,1H3;(H,5,6,7)/q+1;/p-1. The lowest BCUT2D eigenvalue weighted by molar-refractivity contribution is -0.0517. The van der Waals surface area contributed by atoms with Gasteiger partial charge in [0.15, 0.2) is 24.8 Å². The lowest BCUT2D eigenvalue weighted by Gasteiger charge is -2.08. The fraction of sp³-hybridized carbons (Fsp3) is 0.143. The van der Waals surface area contributed by atoms with Crippen molar-refractivity contribution in [1.82, 2.24) is 0 Å². The van der Waals surface area contributed by atoms with Crippen molar-refractivity contribution in [2.75, 3.05) is 0 Å². The summed E-state index contributed by atoms with van der Waals surface area (Å²) in [7, 11) is -6.12.